The third-order valence-corrected chi connectivity index (χ3v) is 3.28. The minimum absolute atomic E-state index is 0.0331. The van der Waals surface area contributed by atoms with Crippen LogP contribution in [0.25, 0.3) is 0 Å². The summed E-state index contributed by atoms with van der Waals surface area (Å²) >= 11 is 0. The quantitative estimate of drug-likeness (QED) is 0.829. The molecular weight excluding hydrogens is 272 g/mol. The second-order valence-corrected chi connectivity index (χ2v) is 4.92. The summed E-state index contributed by atoms with van der Waals surface area (Å²) in [7, 11) is 0. The fourth-order valence-electron chi connectivity index (χ4n) is 1.89. The Hall–Kier alpha value is -2.10. The van der Waals surface area contributed by atoms with E-state index in [0.717, 1.165) is 17.9 Å². The Morgan fingerprint density at radius 3 is 2.43 bits per heavy atom. The van der Waals surface area contributed by atoms with E-state index >= 15 is 0 Å². The van der Waals surface area contributed by atoms with Crippen molar-refractivity contribution >= 4 is 5.69 Å². The molecule has 1 N–H and O–H groups in total. The first kappa shape index (κ1) is 15.3. The van der Waals surface area contributed by atoms with Gasteiger partial charge in [0.25, 0.3) is 0 Å². The number of hydrogen-bond acceptors (Lipinski definition) is 2. The predicted molar refractivity (Wildman–Crippen MR) is 80.5 cm³/mol. The number of benzene rings is 2. The SMILES string of the molecule is CCC(C)Oc1cccc(NCc2c(F)cccc2F)c1. The molecule has 2 aromatic carbocycles. The molecule has 0 aromatic heterocycles. The summed E-state index contributed by atoms with van der Waals surface area (Å²) in [5.41, 5.74) is 0.796. The lowest BCUT2D eigenvalue weighted by Gasteiger charge is -2.14. The van der Waals surface area contributed by atoms with Crippen molar-refractivity contribution in [3.63, 3.8) is 0 Å². The van der Waals surface area contributed by atoms with Gasteiger partial charge in [-0.1, -0.05) is 19.1 Å². The van der Waals surface area contributed by atoms with Crippen LogP contribution in [0.2, 0.25) is 0 Å². The fraction of sp³-hybridized carbons (Fsp3) is 0.294. The Bertz CT molecular complexity index is 581. The van der Waals surface area contributed by atoms with Gasteiger partial charge in [0, 0.05) is 23.9 Å². The van der Waals surface area contributed by atoms with Gasteiger partial charge in [-0.05, 0) is 37.6 Å². The molecule has 0 heterocycles. The highest BCUT2D eigenvalue weighted by Crippen LogP contribution is 2.21. The van der Waals surface area contributed by atoms with E-state index in [1.54, 1.807) is 0 Å². The molecule has 0 amide bonds. The molecule has 0 fully saturated rings. The van der Waals surface area contributed by atoms with Crippen molar-refractivity contribution in [1.82, 2.24) is 0 Å². The Kier molecular flexibility index (Phi) is 5.14. The maximum absolute atomic E-state index is 13.5. The zero-order valence-corrected chi connectivity index (χ0v) is 12.2. The van der Waals surface area contributed by atoms with Gasteiger partial charge in [-0.15, -0.1) is 0 Å². The van der Waals surface area contributed by atoms with E-state index in [1.165, 1.54) is 18.2 Å². The maximum Gasteiger partial charge on any atom is 0.131 e. The standard InChI is InChI=1S/C17H19F2NO/c1-3-12(2)21-14-7-4-6-13(10-14)20-11-15-16(18)8-5-9-17(15)19/h4-10,12,20H,3,11H2,1-2H3. The van der Waals surface area contributed by atoms with Crippen LogP contribution in [0, 0.1) is 11.6 Å². The molecule has 0 aliphatic carbocycles. The van der Waals surface area contributed by atoms with Crippen molar-refractivity contribution in [3.8, 4) is 5.75 Å². The number of halogens is 2. The maximum atomic E-state index is 13.5. The van der Waals surface area contributed by atoms with E-state index in [4.69, 9.17) is 4.74 Å². The van der Waals surface area contributed by atoms with E-state index in [1.807, 2.05) is 38.1 Å². The number of hydrogen-bond donors (Lipinski definition) is 1. The molecule has 0 radical (unpaired) electrons. The van der Waals surface area contributed by atoms with Gasteiger partial charge in [0.1, 0.15) is 17.4 Å². The van der Waals surface area contributed by atoms with Gasteiger partial charge in [-0.3, -0.25) is 0 Å². The number of ether oxygens (including phenoxy) is 1. The minimum atomic E-state index is -0.547. The van der Waals surface area contributed by atoms with Crippen molar-refractivity contribution in [1.29, 1.82) is 0 Å². The highest BCUT2D eigenvalue weighted by molar-refractivity contribution is 5.48. The molecule has 21 heavy (non-hydrogen) atoms. The number of rotatable bonds is 6. The van der Waals surface area contributed by atoms with Crippen molar-refractivity contribution in [2.24, 2.45) is 0 Å². The Balaban J connectivity index is 2.05. The first-order valence-electron chi connectivity index (χ1n) is 7.03. The van der Waals surface area contributed by atoms with Crippen LogP contribution in [0.1, 0.15) is 25.8 Å². The largest absolute Gasteiger partial charge is 0.491 e. The molecule has 1 atom stereocenters. The van der Waals surface area contributed by atoms with Crippen LogP contribution >= 0.6 is 0 Å². The zero-order chi connectivity index (χ0) is 15.2. The molecule has 112 valence electrons. The molecule has 0 bridgehead atoms. The average molecular weight is 291 g/mol. The summed E-state index contributed by atoms with van der Waals surface area (Å²) in [6, 6.07) is 11.2. The van der Waals surface area contributed by atoms with Crippen LogP contribution in [0.4, 0.5) is 14.5 Å². The first-order chi connectivity index (χ1) is 10.1. The number of anilines is 1. The number of nitrogens with one attached hydrogen (secondary N) is 1. The van der Waals surface area contributed by atoms with Gasteiger partial charge in [-0.25, -0.2) is 8.78 Å². The topological polar surface area (TPSA) is 21.3 Å². The van der Waals surface area contributed by atoms with Gasteiger partial charge in [0.05, 0.1) is 6.10 Å². The van der Waals surface area contributed by atoms with Crippen LogP contribution < -0.4 is 10.1 Å². The molecule has 0 saturated heterocycles. The predicted octanol–water partition coefficient (Wildman–Crippen LogP) is 4.75. The average Bonchev–Trinajstić information content (AvgIpc) is 2.47. The van der Waals surface area contributed by atoms with E-state index < -0.39 is 11.6 Å². The Morgan fingerprint density at radius 2 is 1.76 bits per heavy atom. The summed E-state index contributed by atoms with van der Waals surface area (Å²) in [6.45, 7) is 4.13. The molecule has 0 aliphatic heterocycles. The lowest BCUT2D eigenvalue weighted by atomic mass is 10.2. The third-order valence-electron chi connectivity index (χ3n) is 3.28. The summed E-state index contributed by atoms with van der Waals surface area (Å²) < 4.78 is 32.8. The van der Waals surface area contributed by atoms with Gasteiger partial charge >= 0.3 is 0 Å². The van der Waals surface area contributed by atoms with Gasteiger partial charge in [0.15, 0.2) is 0 Å². The normalized spacial score (nSPS) is 12.0. The summed E-state index contributed by atoms with van der Waals surface area (Å²) in [5.74, 6) is -0.354. The minimum Gasteiger partial charge on any atom is -0.491 e. The first-order valence-corrected chi connectivity index (χ1v) is 7.03. The summed E-state index contributed by atoms with van der Waals surface area (Å²) in [6.07, 6.45) is 1.04. The van der Waals surface area contributed by atoms with Gasteiger partial charge in [0.2, 0.25) is 0 Å². The molecule has 2 aromatic rings. The van der Waals surface area contributed by atoms with Crippen LogP contribution in [0.3, 0.4) is 0 Å². The van der Waals surface area contributed by atoms with E-state index in [2.05, 4.69) is 5.32 Å². The lowest BCUT2D eigenvalue weighted by molar-refractivity contribution is 0.217. The van der Waals surface area contributed by atoms with Crippen molar-refractivity contribution in [2.45, 2.75) is 32.9 Å². The van der Waals surface area contributed by atoms with Crippen LogP contribution in [0.5, 0.6) is 5.75 Å². The fourth-order valence-corrected chi connectivity index (χ4v) is 1.89. The second-order valence-electron chi connectivity index (χ2n) is 4.92. The second kappa shape index (κ2) is 7.07. The smallest absolute Gasteiger partial charge is 0.131 e. The van der Waals surface area contributed by atoms with Crippen LogP contribution in [0.15, 0.2) is 42.5 Å². The van der Waals surface area contributed by atoms with E-state index in [-0.39, 0.29) is 18.2 Å². The molecule has 1 unspecified atom stereocenters. The zero-order valence-electron chi connectivity index (χ0n) is 12.2. The van der Waals surface area contributed by atoms with Crippen LogP contribution in [-0.4, -0.2) is 6.10 Å². The molecular formula is C17H19F2NO. The van der Waals surface area contributed by atoms with Crippen LogP contribution in [-0.2, 0) is 6.54 Å². The monoisotopic (exact) mass is 291 g/mol. The molecule has 0 spiro atoms. The summed E-state index contributed by atoms with van der Waals surface area (Å²) in [5, 5.41) is 3.01. The van der Waals surface area contributed by atoms with E-state index in [9.17, 15) is 8.78 Å². The highest BCUT2D eigenvalue weighted by atomic mass is 19.1. The molecule has 0 saturated carbocycles. The van der Waals surface area contributed by atoms with E-state index in [0.29, 0.717) is 0 Å². The molecule has 2 rings (SSSR count). The molecule has 4 heteroatoms. The van der Waals surface area contributed by atoms with Crippen molar-refractivity contribution in [2.75, 3.05) is 5.32 Å². The Labute approximate surface area is 123 Å². The van der Waals surface area contributed by atoms with Gasteiger partial charge < -0.3 is 10.1 Å². The highest BCUT2D eigenvalue weighted by Gasteiger charge is 2.08. The third kappa shape index (κ3) is 4.18. The van der Waals surface area contributed by atoms with Crippen molar-refractivity contribution < 1.29 is 13.5 Å². The van der Waals surface area contributed by atoms with Crippen molar-refractivity contribution in [3.05, 3.63) is 59.7 Å². The lowest BCUT2D eigenvalue weighted by Crippen LogP contribution is -2.10. The molecule has 0 aliphatic rings. The van der Waals surface area contributed by atoms with Gasteiger partial charge in [-0.2, -0.15) is 0 Å². The Morgan fingerprint density at radius 1 is 1.10 bits per heavy atom. The molecule has 2 nitrogen and oxygen atoms in total. The summed E-state index contributed by atoms with van der Waals surface area (Å²) in [4.78, 5) is 0.